The van der Waals surface area contributed by atoms with E-state index in [1.807, 2.05) is 6.07 Å². The van der Waals surface area contributed by atoms with E-state index >= 15 is 0 Å². The number of hydrogen-bond donors (Lipinski definition) is 2. The van der Waals surface area contributed by atoms with Crippen molar-refractivity contribution in [1.82, 2.24) is 4.98 Å². The molecule has 0 aliphatic rings. The Morgan fingerprint density at radius 2 is 2.00 bits per heavy atom. The second-order valence-electron chi connectivity index (χ2n) is 3.29. The minimum atomic E-state index is -0.429. The van der Waals surface area contributed by atoms with E-state index < -0.39 is 5.97 Å². The number of carbonyl (C=O) groups is 1. The summed E-state index contributed by atoms with van der Waals surface area (Å²) >= 11 is 0. The van der Waals surface area contributed by atoms with E-state index in [4.69, 9.17) is 0 Å². The Morgan fingerprint density at radius 3 is 2.69 bits per heavy atom. The minimum absolute atomic E-state index is 0.167. The molecule has 0 aliphatic heterocycles. The number of methoxy groups -OCH3 is 1. The molecule has 0 bridgehead atoms. The highest BCUT2D eigenvalue weighted by atomic mass is 16.5. The van der Waals surface area contributed by atoms with Crippen LogP contribution in [-0.4, -0.2) is 23.2 Å². The molecule has 4 nitrogen and oxygen atoms in total. The Balaban J connectivity index is 2.39. The zero-order valence-corrected chi connectivity index (χ0v) is 8.73. The van der Waals surface area contributed by atoms with Gasteiger partial charge in [0.1, 0.15) is 11.4 Å². The lowest BCUT2D eigenvalue weighted by atomic mass is 10.1. The summed E-state index contributed by atoms with van der Waals surface area (Å²) in [5, 5.41) is 9.63. The van der Waals surface area contributed by atoms with Gasteiger partial charge in [-0.1, -0.05) is 12.1 Å². The Kier molecular flexibility index (Phi) is 2.64. The van der Waals surface area contributed by atoms with Crippen LogP contribution in [0.15, 0.2) is 36.4 Å². The number of H-pyrrole nitrogens is 1. The zero-order chi connectivity index (χ0) is 11.5. The average Bonchev–Trinajstić information content (AvgIpc) is 2.78. The number of ether oxygens (including phenoxy) is 1. The predicted molar refractivity (Wildman–Crippen MR) is 59.2 cm³/mol. The fourth-order valence-corrected chi connectivity index (χ4v) is 1.48. The van der Waals surface area contributed by atoms with Crippen molar-refractivity contribution in [3.05, 3.63) is 42.1 Å². The summed E-state index contributed by atoms with van der Waals surface area (Å²) in [5.74, 6) is -0.262. The Hall–Kier alpha value is -2.23. The Bertz CT molecular complexity index is 516. The molecule has 0 spiro atoms. The molecule has 16 heavy (non-hydrogen) atoms. The van der Waals surface area contributed by atoms with Crippen LogP contribution in [0.1, 0.15) is 10.5 Å². The van der Waals surface area contributed by atoms with Crippen molar-refractivity contribution in [3.63, 3.8) is 0 Å². The number of aromatic amines is 1. The lowest BCUT2D eigenvalue weighted by molar-refractivity contribution is 0.0595. The topological polar surface area (TPSA) is 62.3 Å². The molecule has 1 aromatic heterocycles. The summed E-state index contributed by atoms with van der Waals surface area (Å²) in [6, 6.07) is 10.3. The molecular weight excluding hydrogens is 206 g/mol. The molecule has 0 unspecified atom stereocenters. The summed E-state index contributed by atoms with van der Waals surface area (Å²) < 4.78 is 4.58. The van der Waals surface area contributed by atoms with Gasteiger partial charge in [0.25, 0.3) is 0 Å². The van der Waals surface area contributed by atoms with Crippen LogP contribution in [0.2, 0.25) is 0 Å². The maximum absolute atomic E-state index is 11.2. The van der Waals surface area contributed by atoms with Crippen LogP contribution in [0, 0.1) is 0 Å². The highest BCUT2D eigenvalue weighted by Crippen LogP contribution is 2.27. The van der Waals surface area contributed by atoms with Crippen LogP contribution < -0.4 is 0 Å². The van der Waals surface area contributed by atoms with Crippen molar-refractivity contribution < 1.29 is 14.6 Å². The van der Waals surface area contributed by atoms with Crippen molar-refractivity contribution in [1.29, 1.82) is 0 Å². The highest BCUT2D eigenvalue weighted by Gasteiger charge is 2.10. The normalized spacial score (nSPS) is 10.1. The van der Waals surface area contributed by atoms with Gasteiger partial charge in [-0.05, 0) is 24.3 Å². The standard InChI is InChI=1S/C12H11NO3/c1-16-12(15)10-7-6-9(13-10)8-4-2-3-5-11(8)14/h2-7,13-14H,1H3. The predicted octanol–water partition coefficient (Wildman–Crippen LogP) is 2.17. The van der Waals surface area contributed by atoms with Gasteiger partial charge in [0.05, 0.1) is 7.11 Å². The fourth-order valence-electron chi connectivity index (χ4n) is 1.48. The summed E-state index contributed by atoms with van der Waals surface area (Å²) in [6.45, 7) is 0. The van der Waals surface area contributed by atoms with Gasteiger partial charge in [-0.3, -0.25) is 0 Å². The third kappa shape index (κ3) is 1.77. The fraction of sp³-hybridized carbons (Fsp3) is 0.0833. The van der Waals surface area contributed by atoms with Crippen molar-refractivity contribution >= 4 is 5.97 Å². The van der Waals surface area contributed by atoms with E-state index in [9.17, 15) is 9.90 Å². The SMILES string of the molecule is COC(=O)c1ccc(-c2ccccc2O)[nH]1. The number of nitrogens with one attached hydrogen (secondary N) is 1. The summed E-state index contributed by atoms with van der Waals surface area (Å²) in [4.78, 5) is 14.1. The molecule has 0 atom stereocenters. The number of hydrogen-bond acceptors (Lipinski definition) is 3. The van der Waals surface area contributed by atoms with Crippen LogP contribution in [0.25, 0.3) is 11.3 Å². The van der Waals surface area contributed by atoms with Crippen LogP contribution >= 0.6 is 0 Å². The van der Waals surface area contributed by atoms with E-state index in [0.717, 1.165) is 0 Å². The first-order valence-corrected chi connectivity index (χ1v) is 4.78. The molecule has 0 saturated carbocycles. The number of esters is 1. The van der Waals surface area contributed by atoms with Gasteiger partial charge in [-0.15, -0.1) is 0 Å². The van der Waals surface area contributed by atoms with E-state index in [1.54, 1.807) is 30.3 Å². The summed E-state index contributed by atoms with van der Waals surface area (Å²) in [7, 11) is 1.32. The smallest absolute Gasteiger partial charge is 0.354 e. The molecule has 2 N–H and O–H groups in total. The average molecular weight is 217 g/mol. The maximum atomic E-state index is 11.2. The van der Waals surface area contributed by atoms with Gasteiger partial charge in [-0.2, -0.15) is 0 Å². The molecule has 2 aromatic rings. The molecule has 0 saturated heterocycles. The molecule has 0 fully saturated rings. The number of phenols is 1. The third-order valence-electron chi connectivity index (χ3n) is 2.29. The van der Waals surface area contributed by atoms with Crippen molar-refractivity contribution in [3.8, 4) is 17.0 Å². The third-order valence-corrected chi connectivity index (χ3v) is 2.29. The molecule has 82 valence electrons. The van der Waals surface area contributed by atoms with Gasteiger partial charge >= 0.3 is 5.97 Å². The number of rotatable bonds is 2. The zero-order valence-electron chi connectivity index (χ0n) is 8.73. The van der Waals surface area contributed by atoms with Crippen molar-refractivity contribution in [2.24, 2.45) is 0 Å². The van der Waals surface area contributed by atoms with Crippen LogP contribution in [0.4, 0.5) is 0 Å². The number of aromatic nitrogens is 1. The molecule has 2 rings (SSSR count). The number of carbonyl (C=O) groups excluding carboxylic acids is 1. The lowest BCUT2D eigenvalue weighted by Gasteiger charge is -2.01. The van der Waals surface area contributed by atoms with Gasteiger partial charge in [-0.25, -0.2) is 4.79 Å². The molecular formula is C12H11NO3. The Labute approximate surface area is 92.5 Å². The second kappa shape index (κ2) is 4.10. The van der Waals surface area contributed by atoms with Crippen molar-refractivity contribution in [2.75, 3.05) is 7.11 Å². The van der Waals surface area contributed by atoms with E-state index in [-0.39, 0.29) is 5.75 Å². The molecule has 1 aromatic carbocycles. The monoisotopic (exact) mass is 217 g/mol. The first kappa shape index (κ1) is 10.3. The van der Waals surface area contributed by atoms with Gasteiger partial charge in [0.2, 0.25) is 0 Å². The largest absolute Gasteiger partial charge is 0.507 e. The highest BCUT2D eigenvalue weighted by molar-refractivity contribution is 5.88. The number of para-hydroxylation sites is 1. The number of aromatic hydroxyl groups is 1. The van der Waals surface area contributed by atoms with E-state index in [1.165, 1.54) is 7.11 Å². The van der Waals surface area contributed by atoms with Crippen LogP contribution in [-0.2, 0) is 4.74 Å². The number of benzene rings is 1. The second-order valence-corrected chi connectivity index (χ2v) is 3.29. The number of phenolic OH excluding ortho intramolecular Hbond substituents is 1. The maximum Gasteiger partial charge on any atom is 0.354 e. The van der Waals surface area contributed by atoms with Crippen LogP contribution in [0.5, 0.6) is 5.75 Å². The van der Waals surface area contributed by atoms with Gasteiger partial charge in [0.15, 0.2) is 0 Å². The van der Waals surface area contributed by atoms with Crippen LogP contribution in [0.3, 0.4) is 0 Å². The van der Waals surface area contributed by atoms with Crippen molar-refractivity contribution in [2.45, 2.75) is 0 Å². The Morgan fingerprint density at radius 1 is 1.25 bits per heavy atom. The van der Waals surface area contributed by atoms with Gasteiger partial charge in [0, 0.05) is 11.3 Å². The molecule has 1 heterocycles. The summed E-state index contributed by atoms with van der Waals surface area (Å²) in [5.41, 5.74) is 1.69. The van der Waals surface area contributed by atoms with Gasteiger partial charge < -0.3 is 14.8 Å². The first-order chi connectivity index (χ1) is 7.72. The molecule has 0 aliphatic carbocycles. The first-order valence-electron chi connectivity index (χ1n) is 4.78. The molecule has 0 radical (unpaired) electrons. The van der Waals surface area contributed by atoms with E-state index in [0.29, 0.717) is 17.0 Å². The quantitative estimate of drug-likeness (QED) is 0.758. The lowest BCUT2D eigenvalue weighted by Crippen LogP contribution is -2.00. The molecule has 4 heteroatoms. The minimum Gasteiger partial charge on any atom is -0.507 e. The van der Waals surface area contributed by atoms with E-state index in [2.05, 4.69) is 9.72 Å². The molecule has 0 amide bonds. The summed E-state index contributed by atoms with van der Waals surface area (Å²) in [6.07, 6.45) is 0.